The number of hydrogen-bond donors (Lipinski definition) is 1. The van der Waals surface area contributed by atoms with Gasteiger partial charge in [-0.05, 0) is 25.8 Å². The molecule has 1 N–H and O–H groups in total. The van der Waals surface area contributed by atoms with Crippen LogP contribution in [0.4, 0.5) is 0 Å². The third-order valence-corrected chi connectivity index (χ3v) is 2.78. The first-order chi connectivity index (χ1) is 5.77. The molecule has 12 heavy (non-hydrogen) atoms. The number of unbranched alkanes of at least 4 members (excludes halogenated alkanes) is 1. The van der Waals surface area contributed by atoms with E-state index in [9.17, 15) is 5.11 Å². The Hall–Kier alpha value is -0.0800. The van der Waals surface area contributed by atoms with Crippen molar-refractivity contribution in [1.82, 2.24) is 4.90 Å². The summed E-state index contributed by atoms with van der Waals surface area (Å²) in [6.45, 7) is 6.50. The number of likely N-dealkylation sites (tertiary alicyclic amines) is 1. The van der Waals surface area contributed by atoms with Crippen LogP contribution in [0.15, 0.2) is 0 Å². The minimum Gasteiger partial charge on any atom is -0.392 e. The third-order valence-electron chi connectivity index (χ3n) is 2.78. The second-order valence-electron chi connectivity index (χ2n) is 3.80. The first-order valence-corrected chi connectivity index (χ1v) is 5.20. The highest BCUT2D eigenvalue weighted by atomic mass is 16.3. The van der Waals surface area contributed by atoms with E-state index in [1.54, 1.807) is 0 Å². The molecule has 0 aromatic heterocycles. The first-order valence-electron chi connectivity index (χ1n) is 5.20. The van der Waals surface area contributed by atoms with Gasteiger partial charge in [-0.3, -0.25) is 4.90 Å². The van der Waals surface area contributed by atoms with Crippen LogP contribution in [0.5, 0.6) is 0 Å². The van der Waals surface area contributed by atoms with E-state index in [0.29, 0.717) is 6.04 Å². The van der Waals surface area contributed by atoms with Crippen LogP contribution < -0.4 is 0 Å². The molecule has 2 atom stereocenters. The average Bonchev–Trinajstić information content (AvgIpc) is 2.42. The molecule has 0 amide bonds. The fraction of sp³-hybridized carbons (Fsp3) is 1.00. The molecule has 2 heteroatoms. The lowest BCUT2D eigenvalue weighted by molar-refractivity contribution is 0.174. The van der Waals surface area contributed by atoms with Crippen molar-refractivity contribution in [2.75, 3.05) is 13.1 Å². The number of β-amino-alcohol motifs (C(OH)–C–C–N with tert-alkyl or cyclic N) is 1. The molecular weight excluding hydrogens is 150 g/mol. The summed E-state index contributed by atoms with van der Waals surface area (Å²) in [5.41, 5.74) is 0. The van der Waals surface area contributed by atoms with Crippen LogP contribution in [0.3, 0.4) is 0 Å². The van der Waals surface area contributed by atoms with E-state index in [1.807, 2.05) is 0 Å². The number of hydrogen-bond acceptors (Lipinski definition) is 2. The molecule has 1 rings (SSSR count). The fourth-order valence-electron chi connectivity index (χ4n) is 2.02. The average molecular weight is 171 g/mol. The molecular formula is C10H21NO. The molecule has 1 aliphatic rings. The maximum Gasteiger partial charge on any atom is 0.0682 e. The smallest absolute Gasteiger partial charge is 0.0682 e. The topological polar surface area (TPSA) is 23.5 Å². The molecule has 0 aromatic rings. The Kier molecular flexibility index (Phi) is 4.02. The summed E-state index contributed by atoms with van der Waals surface area (Å²) in [4.78, 5) is 2.44. The maximum atomic E-state index is 9.46. The Balaban J connectivity index is 2.30. The molecule has 1 heterocycles. The van der Waals surface area contributed by atoms with E-state index in [-0.39, 0.29) is 6.10 Å². The van der Waals surface area contributed by atoms with E-state index >= 15 is 0 Å². The molecule has 1 fully saturated rings. The number of aliphatic hydroxyl groups excluding tert-OH is 1. The van der Waals surface area contributed by atoms with Gasteiger partial charge in [-0.1, -0.05) is 20.3 Å². The summed E-state index contributed by atoms with van der Waals surface area (Å²) in [5, 5.41) is 9.46. The van der Waals surface area contributed by atoms with Crippen LogP contribution >= 0.6 is 0 Å². The Morgan fingerprint density at radius 2 is 2.17 bits per heavy atom. The number of aliphatic hydroxyl groups is 1. The van der Waals surface area contributed by atoms with Gasteiger partial charge >= 0.3 is 0 Å². The van der Waals surface area contributed by atoms with Crippen LogP contribution in [0.25, 0.3) is 0 Å². The Morgan fingerprint density at radius 1 is 1.42 bits per heavy atom. The fourth-order valence-corrected chi connectivity index (χ4v) is 2.02. The summed E-state index contributed by atoms with van der Waals surface area (Å²) in [6, 6.07) is 0.645. The Labute approximate surface area is 75.6 Å². The van der Waals surface area contributed by atoms with Gasteiger partial charge in [0.15, 0.2) is 0 Å². The zero-order chi connectivity index (χ0) is 8.97. The standard InChI is InChI=1S/C10H21NO/c1-3-5-6-11-8-10(12)7-9(11)4-2/h9-10,12H,3-8H2,1-2H3/t9-,10+/m0/s1. The zero-order valence-electron chi connectivity index (χ0n) is 8.29. The lowest BCUT2D eigenvalue weighted by atomic mass is 10.1. The van der Waals surface area contributed by atoms with Gasteiger partial charge in [0.05, 0.1) is 6.10 Å². The van der Waals surface area contributed by atoms with Crippen molar-refractivity contribution in [3.05, 3.63) is 0 Å². The van der Waals surface area contributed by atoms with Crippen molar-refractivity contribution in [2.45, 2.75) is 51.7 Å². The lowest BCUT2D eigenvalue weighted by Crippen LogP contribution is -2.30. The minimum absolute atomic E-state index is 0.0631. The third kappa shape index (κ3) is 2.46. The van der Waals surface area contributed by atoms with E-state index in [1.165, 1.54) is 25.8 Å². The van der Waals surface area contributed by atoms with Crippen LogP contribution in [0, 0.1) is 0 Å². The van der Waals surface area contributed by atoms with Crippen molar-refractivity contribution >= 4 is 0 Å². The summed E-state index contributed by atoms with van der Waals surface area (Å²) in [6.07, 6.45) is 4.62. The van der Waals surface area contributed by atoms with Crippen LogP contribution in [0.2, 0.25) is 0 Å². The SMILES string of the molecule is CCCCN1C[C@H](O)C[C@@H]1CC. The van der Waals surface area contributed by atoms with Crippen LogP contribution in [0.1, 0.15) is 39.5 Å². The lowest BCUT2D eigenvalue weighted by Gasteiger charge is -2.22. The van der Waals surface area contributed by atoms with Gasteiger partial charge in [-0.25, -0.2) is 0 Å². The molecule has 0 bridgehead atoms. The number of nitrogens with zero attached hydrogens (tertiary/aromatic N) is 1. The van der Waals surface area contributed by atoms with Gasteiger partial charge in [0.2, 0.25) is 0 Å². The molecule has 0 aliphatic carbocycles. The summed E-state index contributed by atoms with van der Waals surface area (Å²) in [5.74, 6) is 0. The predicted octanol–water partition coefficient (Wildman–Crippen LogP) is 1.63. The molecule has 0 radical (unpaired) electrons. The summed E-state index contributed by atoms with van der Waals surface area (Å²) >= 11 is 0. The molecule has 0 aromatic carbocycles. The normalized spacial score (nSPS) is 31.2. The first kappa shape index (κ1) is 10.0. The van der Waals surface area contributed by atoms with Crippen molar-refractivity contribution < 1.29 is 5.11 Å². The van der Waals surface area contributed by atoms with E-state index in [2.05, 4.69) is 18.7 Å². The van der Waals surface area contributed by atoms with Gasteiger partial charge in [-0.15, -0.1) is 0 Å². The van der Waals surface area contributed by atoms with Gasteiger partial charge in [0.25, 0.3) is 0 Å². The Morgan fingerprint density at radius 3 is 2.75 bits per heavy atom. The second kappa shape index (κ2) is 4.83. The predicted molar refractivity (Wildman–Crippen MR) is 51.2 cm³/mol. The van der Waals surface area contributed by atoms with Gasteiger partial charge < -0.3 is 5.11 Å². The second-order valence-corrected chi connectivity index (χ2v) is 3.80. The van der Waals surface area contributed by atoms with Crippen LogP contribution in [-0.2, 0) is 0 Å². The van der Waals surface area contributed by atoms with Gasteiger partial charge in [-0.2, -0.15) is 0 Å². The highest BCUT2D eigenvalue weighted by molar-refractivity contribution is 4.83. The van der Waals surface area contributed by atoms with Crippen molar-refractivity contribution in [2.24, 2.45) is 0 Å². The van der Waals surface area contributed by atoms with Gasteiger partial charge in [0.1, 0.15) is 0 Å². The van der Waals surface area contributed by atoms with Crippen molar-refractivity contribution in [3.63, 3.8) is 0 Å². The molecule has 2 nitrogen and oxygen atoms in total. The minimum atomic E-state index is -0.0631. The van der Waals surface area contributed by atoms with E-state index in [4.69, 9.17) is 0 Å². The molecule has 72 valence electrons. The maximum absolute atomic E-state index is 9.46. The molecule has 1 aliphatic heterocycles. The highest BCUT2D eigenvalue weighted by Gasteiger charge is 2.28. The summed E-state index contributed by atoms with van der Waals surface area (Å²) < 4.78 is 0. The van der Waals surface area contributed by atoms with Crippen molar-refractivity contribution in [3.8, 4) is 0 Å². The molecule has 0 spiro atoms. The monoisotopic (exact) mass is 171 g/mol. The van der Waals surface area contributed by atoms with E-state index in [0.717, 1.165) is 13.0 Å². The summed E-state index contributed by atoms with van der Waals surface area (Å²) in [7, 11) is 0. The largest absolute Gasteiger partial charge is 0.392 e. The highest BCUT2D eigenvalue weighted by Crippen LogP contribution is 2.20. The quantitative estimate of drug-likeness (QED) is 0.695. The van der Waals surface area contributed by atoms with Crippen molar-refractivity contribution in [1.29, 1.82) is 0 Å². The van der Waals surface area contributed by atoms with E-state index < -0.39 is 0 Å². The van der Waals surface area contributed by atoms with Gasteiger partial charge in [0, 0.05) is 12.6 Å². The Bertz CT molecular complexity index is 127. The number of rotatable bonds is 4. The molecule has 1 saturated heterocycles. The molecule has 0 unspecified atom stereocenters. The van der Waals surface area contributed by atoms with Crippen LogP contribution in [-0.4, -0.2) is 35.2 Å². The zero-order valence-corrected chi connectivity index (χ0v) is 8.29. The molecule has 0 saturated carbocycles.